The summed E-state index contributed by atoms with van der Waals surface area (Å²) in [6.45, 7) is 9.86. The summed E-state index contributed by atoms with van der Waals surface area (Å²) in [7, 11) is 1.28. The van der Waals surface area contributed by atoms with Crippen molar-refractivity contribution in [3.05, 3.63) is 12.2 Å². The fraction of sp³-hybridized carbons (Fsp3) is 0.714. The fourth-order valence-corrected chi connectivity index (χ4v) is 1.44. The number of carbonyl (C=O) groups excluding carboxylic acids is 2. The minimum absolute atomic E-state index is 0.131. The highest BCUT2D eigenvalue weighted by atomic mass is 16.6. The summed E-state index contributed by atoms with van der Waals surface area (Å²) in [5.41, 5.74) is -0.485. The number of methoxy groups -OCH3 is 1. The normalized spacial score (nSPS) is 10.4. The number of hydrogen-bond donors (Lipinski definition) is 0. The molecule has 7 nitrogen and oxygen atoms in total. The Labute approximate surface area is 125 Å². The van der Waals surface area contributed by atoms with Gasteiger partial charge in [0.05, 0.1) is 7.11 Å². The fourth-order valence-electron chi connectivity index (χ4n) is 1.44. The number of nitrogens with zero attached hydrogens (tertiary/aromatic N) is 3. The van der Waals surface area contributed by atoms with Crippen molar-refractivity contribution in [1.29, 1.82) is 0 Å². The van der Waals surface area contributed by atoms with Crippen LogP contribution < -0.4 is 0 Å². The molecule has 0 bridgehead atoms. The van der Waals surface area contributed by atoms with Crippen molar-refractivity contribution in [3.63, 3.8) is 0 Å². The maximum atomic E-state index is 11.5. The molecule has 1 heterocycles. The Morgan fingerprint density at radius 1 is 1.29 bits per heavy atom. The zero-order chi connectivity index (χ0) is 16.5. The van der Waals surface area contributed by atoms with Crippen LogP contribution in [0, 0.1) is 0 Å². The monoisotopic (exact) mass is 299 g/mol. The van der Waals surface area contributed by atoms with Gasteiger partial charge in [0.15, 0.2) is 0 Å². The Hall–Kier alpha value is -1.92. The van der Waals surface area contributed by atoms with Gasteiger partial charge >= 0.3 is 11.9 Å². The lowest BCUT2D eigenvalue weighted by Crippen LogP contribution is -2.24. The Morgan fingerprint density at radius 2 is 1.90 bits per heavy atom. The largest absolute Gasteiger partial charge is 0.463 e. The lowest BCUT2D eigenvalue weighted by Gasteiger charge is -2.19. The van der Waals surface area contributed by atoms with E-state index in [9.17, 15) is 9.59 Å². The molecule has 0 N–H and O–H groups in total. The van der Waals surface area contributed by atoms with Crippen LogP contribution in [0.25, 0.3) is 0 Å². The molecule has 7 heteroatoms. The molecule has 0 unspecified atom stereocenters. The average Bonchev–Trinajstić information content (AvgIpc) is 2.86. The van der Waals surface area contributed by atoms with Gasteiger partial charge in [0, 0.05) is 13.0 Å². The van der Waals surface area contributed by atoms with E-state index >= 15 is 0 Å². The van der Waals surface area contributed by atoms with Crippen LogP contribution in [0.2, 0.25) is 0 Å². The first kappa shape index (κ1) is 19.1. The highest BCUT2D eigenvalue weighted by Gasteiger charge is 2.17. The molecule has 0 amide bonds. The Bertz CT molecular complexity index is 449. The van der Waals surface area contributed by atoms with Crippen molar-refractivity contribution >= 4 is 11.9 Å². The van der Waals surface area contributed by atoms with Crippen LogP contribution >= 0.6 is 0 Å². The average molecular weight is 299 g/mol. The Balaban J connectivity index is 0.00000191. The highest BCUT2D eigenvalue weighted by molar-refractivity contribution is 5.85. The maximum Gasteiger partial charge on any atom is 0.375 e. The predicted molar refractivity (Wildman–Crippen MR) is 77.8 cm³/mol. The molecule has 0 radical (unpaired) electrons. The number of hydrogen-bond acceptors (Lipinski definition) is 6. The van der Waals surface area contributed by atoms with Crippen LogP contribution in [0.4, 0.5) is 0 Å². The summed E-state index contributed by atoms with van der Waals surface area (Å²) >= 11 is 0. The van der Waals surface area contributed by atoms with E-state index in [1.165, 1.54) is 18.1 Å². The van der Waals surface area contributed by atoms with Gasteiger partial charge in [-0.1, -0.05) is 13.8 Å². The van der Waals surface area contributed by atoms with Gasteiger partial charge in [0.2, 0.25) is 5.82 Å². The maximum absolute atomic E-state index is 11.5. The molecule has 0 atom stereocenters. The molecular formula is C14H25N3O4. The molecule has 0 aliphatic heterocycles. The SMILES string of the molecule is CC.COC(=O)c1ncnn1CCCC(=O)OC(C)(C)C. The van der Waals surface area contributed by atoms with E-state index in [0.29, 0.717) is 13.0 Å². The summed E-state index contributed by atoms with van der Waals surface area (Å²) in [5.74, 6) is -0.686. The van der Waals surface area contributed by atoms with E-state index in [4.69, 9.17) is 4.74 Å². The van der Waals surface area contributed by atoms with E-state index in [-0.39, 0.29) is 18.2 Å². The molecule has 0 fully saturated rings. The smallest absolute Gasteiger partial charge is 0.375 e. The number of aryl methyl sites for hydroxylation is 1. The van der Waals surface area contributed by atoms with Crippen LogP contribution in [0.3, 0.4) is 0 Å². The van der Waals surface area contributed by atoms with Crippen molar-refractivity contribution in [2.24, 2.45) is 0 Å². The van der Waals surface area contributed by atoms with Gasteiger partial charge in [0.25, 0.3) is 0 Å². The topological polar surface area (TPSA) is 83.3 Å². The van der Waals surface area contributed by atoms with Gasteiger partial charge in [-0.25, -0.2) is 14.5 Å². The van der Waals surface area contributed by atoms with E-state index in [1.54, 1.807) is 0 Å². The number of rotatable bonds is 5. The van der Waals surface area contributed by atoms with Crippen molar-refractivity contribution < 1.29 is 19.1 Å². The minimum Gasteiger partial charge on any atom is -0.463 e. The quantitative estimate of drug-likeness (QED) is 0.775. The van der Waals surface area contributed by atoms with Crippen LogP contribution in [-0.4, -0.2) is 39.4 Å². The Morgan fingerprint density at radius 3 is 2.43 bits per heavy atom. The lowest BCUT2D eigenvalue weighted by atomic mass is 10.2. The van der Waals surface area contributed by atoms with Crippen molar-refractivity contribution in [3.8, 4) is 0 Å². The summed E-state index contributed by atoms with van der Waals surface area (Å²) in [4.78, 5) is 26.7. The Kier molecular flexibility index (Phi) is 8.26. The third-order valence-electron chi connectivity index (χ3n) is 2.15. The second kappa shape index (κ2) is 9.10. The van der Waals surface area contributed by atoms with E-state index in [1.807, 2.05) is 34.6 Å². The summed E-state index contributed by atoms with van der Waals surface area (Å²) in [5, 5.41) is 3.91. The van der Waals surface area contributed by atoms with Crippen molar-refractivity contribution in [1.82, 2.24) is 14.8 Å². The van der Waals surface area contributed by atoms with E-state index in [0.717, 1.165) is 0 Å². The molecule has 0 saturated carbocycles. The number of ether oxygens (including phenoxy) is 2. The minimum atomic E-state index is -0.547. The first-order valence-electron chi connectivity index (χ1n) is 7.01. The second-order valence-electron chi connectivity index (χ2n) is 4.99. The molecule has 21 heavy (non-hydrogen) atoms. The molecule has 0 aromatic carbocycles. The van der Waals surface area contributed by atoms with Crippen LogP contribution in [0.1, 0.15) is 58.1 Å². The molecule has 1 aromatic rings. The van der Waals surface area contributed by atoms with E-state index in [2.05, 4.69) is 14.8 Å². The van der Waals surface area contributed by atoms with Gasteiger partial charge in [-0.3, -0.25) is 4.79 Å². The highest BCUT2D eigenvalue weighted by Crippen LogP contribution is 2.09. The van der Waals surface area contributed by atoms with Gasteiger partial charge in [-0.05, 0) is 27.2 Å². The summed E-state index contributed by atoms with van der Waals surface area (Å²) < 4.78 is 11.2. The zero-order valence-electron chi connectivity index (χ0n) is 13.7. The van der Waals surface area contributed by atoms with Crippen LogP contribution in [0.5, 0.6) is 0 Å². The zero-order valence-corrected chi connectivity index (χ0v) is 13.7. The van der Waals surface area contributed by atoms with Gasteiger partial charge in [-0.2, -0.15) is 5.10 Å². The molecule has 0 aliphatic rings. The molecule has 120 valence electrons. The molecule has 0 spiro atoms. The van der Waals surface area contributed by atoms with Gasteiger partial charge < -0.3 is 9.47 Å². The van der Waals surface area contributed by atoms with Crippen molar-refractivity contribution in [2.75, 3.05) is 7.11 Å². The van der Waals surface area contributed by atoms with Crippen LogP contribution in [-0.2, 0) is 20.8 Å². The number of aromatic nitrogens is 3. The first-order valence-corrected chi connectivity index (χ1v) is 7.01. The number of esters is 2. The predicted octanol–water partition coefficient (Wildman–Crippen LogP) is 2.21. The van der Waals surface area contributed by atoms with Crippen LogP contribution in [0.15, 0.2) is 6.33 Å². The summed E-state index contributed by atoms with van der Waals surface area (Å²) in [6, 6.07) is 0. The van der Waals surface area contributed by atoms with Gasteiger partial charge in [0.1, 0.15) is 11.9 Å². The first-order chi connectivity index (χ1) is 9.83. The van der Waals surface area contributed by atoms with E-state index < -0.39 is 11.6 Å². The van der Waals surface area contributed by atoms with Crippen molar-refractivity contribution in [2.45, 2.75) is 59.6 Å². The number of carbonyl (C=O) groups is 2. The second-order valence-corrected chi connectivity index (χ2v) is 4.99. The third kappa shape index (κ3) is 7.43. The third-order valence-corrected chi connectivity index (χ3v) is 2.15. The molecule has 0 aliphatic carbocycles. The molecule has 0 saturated heterocycles. The summed E-state index contributed by atoms with van der Waals surface area (Å²) in [6.07, 6.45) is 2.06. The van der Waals surface area contributed by atoms with Gasteiger partial charge in [-0.15, -0.1) is 0 Å². The molecule has 1 aromatic heterocycles. The molecule has 1 rings (SSSR count). The lowest BCUT2D eigenvalue weighted by molar-refractivity contribution is -0.154. The molecular weight excluding hydrogens is 274 g/mol. The standard InChI is InChI=1S/C12H19N3O4.C2H6/c1-12(2,3)19-9(16)6-5-7-15-10(11(17)18-4)13-8-14-15;1-2/h8H,5-7H2,1-4H3;1-2H3.